The summed E-state index contributed by atoms with van der Waals surface area (Å²) in [6.45, 7) is 0.280. The van der Waals surface area contributed by atoms with E-state index in [-0.39, 0.29) is 23.5 Å². The molecule has 2 aromatic rings. The number of nitrogens with zero attached hydrogens (tertiary/aromatic N) is 4. The van der Waals surface area contributed by atoms with Crippen LogP contribution in [0.15, 0.2) is 29.4 Å². The van der Waals surface area contributed by atoms with Gasteiger partial charge in [-0.3, -0.25) is 0 Å². The molecule has 1 aromatic heterocycles. The summed E-state index contributed by atoms with van der Waals surface area (Å²) in [6, 6.07) is 3.33. The van der Waals surface area contributed by atoms with E-state index in [0.29, 0.717) is 12.4 Å². The summed E-state index contributed by atoms with van der Waals surface area (Å²) in [5.74, 6) is -0.127. The Morgan fingerprint density at radius 3 is 2.90 bits per heavy atom. The molecule has 0 saturated heterocycles. The van der Waals surface area contributed by atoms with E-state index in [2.05, 4.69) is 10.2 Å². The first-order valence-corrected chi connectivity index (χ1v) is 7.72. The highest BCUT2D eigenvalue weighted by Crippen LogP contribution is 2.24. The normalized spacial score (nSPS) is 15.9. The van der Waals surface area contributed by atoms with E-state index in [4.69, 9.17) is 0 Å². The van der Waals surface area contributed by atoms with Crippen molar-refractivity contribution in [1.82, 2.24) is 19.1 Å². The van der Waals surface area contributed by atoms with Crippen molar-refractivity contribution in [2.45, 2.75) is 24.6 Å². The highest BCUT2D eigenvalue weighted by molar-refractivity contribution is 7.89. The van der Waals surface area contributed by atoms with Gasteiger partial charge in [0.25, 0.3) is 0 Å². The fraction of sp³-hybridized carbons (Fsp3) is 0.333. The number of hydrogen-bond acceptors (Lipinski definition) is 5. The maximum absolute atomic E-state index is 13.4. The fourth-order valence-electron chi connectivity index (χ4n) is 2.29. The first kappa shape index (κ1) is 14.1. The first-order chi connectivity index (χ1) is 10.0. The number of fused-ring (bicyclic) bond motifs is 1. The third-order valence-corrected chi connectivity index (χ3v) is 5.35. The Bertz CT molecular complexity index is 775. The monoisotopic (exact) mass is 312 g/mol. The number of rotatable bonds is 3. The molecule has 0 bridgehead atoms. The molecule has 112 valence electrons. The molecule has 21 heavy (non-hydrogen) atoms. The standard InChI is InChI=1S/C12H13FN4O3S/c13-10-2-1-9(7-18)11(5-10)21(19,20)17-4-3-16-8-14-15-12(16)6-17/h1-2,5,8,18H,3-4,6-7H2. The van der Waals surface area contributed by atoms with Gasteiger partial charge in [0.1, 0.15) is 18.0 Å². The second-order valence-corrected chi connectivity index (χ2v) is 6.60. The molecule has 7 nitrogen and oxygen atoms in total. The third kappa shape index (κ3) is 2.43. The molecule has 3 rings (SSSR count). The second kappa shape index (κ2) is 5.17. The van der Waals surface area contributed by atoms with Crippen LogP contribution in [0.2, 0.25) is 0 Å². The Balaban J connectivity index is 2.00. The minimum atomic E-state index is -3.90. The Hall–Kier alpha value is -1.84. The summed E-state index contributed by atoms with van der Waals surface area (Å²) in [6.07, 6.45) is 1.54. The lowest BCUT2D eigenvalue weighted by atomic mass is 10.2. The minimum absolute atomic E-state index is 0.0731. The van der Waals surface area contributed by atoms with Gasteiger partial charge in [0.2, 0.25) is 10.0 Å². The van der Waals surface area contributed by atoms with E-state index in [1.54, 1.807) is 10.9 Å². The van der Waals surface area contributed by atoms with Gasteiger partial charge in [-0.2, -0.15) is 4.31 Å². The highest BCUT2D eigenvalue weighted by Gasteiger charge is 2.31. The van der Waals surface area contributed by atoms with Crippen LogP contribution in [0.25, 0.3) is 0 Å². The molecule has 0 saturated carbocycles. The van der Waals surface area contributed by atoms with Crippen LogP contribution in [0.1, 0.15) is 11.4 Å². The van der Waals surface area contributed by atoms with E-state index in [9.17, 15) is 17.9 Å². The van der Waals surface area contributed by atoms with Gasteiger partial charge in [-0.05, 0) is 17.7 Å². The van der Waals surface area contributed by atoms with Crippen LogP contribution in [0.5, 0.6) is 0 Å². The zero-order valence-corrected chi connectivity index (χ0v) is 11.8. The van der Waals surface area contributed by atoms with Gasteiger partial charge in [0, 0.05) is 13.1 Å². The summed E-state index contributed by atoms with van der Waals surface area (Å²) >= 11 is 0. The van der Waals surface area contributed by atoms with E-state index < -0.39 is 22.4 Å². The Labute approximate surface area is 120 Å². The number of aliphatic hydroxyl groups excluding tert-OH is 1. The summed E-state index contributed by atoms with van der Waals surface area (Å²) in [4.78, 5) is -0.210. The quantitative estimate of drug-likeness (QED) is 0.869. The molecule has 0 amide bonds. The molecule has 0 fully saturated rings. The van der Waals surface area contributed by atoms with E-state index in [0.717, 1.165) is 12.1 Å². The summed E-state index contributed by atoms with van der Waals surface area (Å²) < 4.78 is 41.6. The van der Waals surface area contributed by atoms with Crippen molar-refractivity contribution in [2.24, 2.45) is 0 Å². The predicted molar refractivity (Wildman–Crippen MR) is 69.9 cm³/mol. The molecule has 1 aliphatic rings. The van der Waals surface area contributed by atoms with Crippen molar-refractivity contribution in [3.05, 3.63) is 41.7 Å². The van der Waals surface area contributed by atoms with Gasteiger partial charge in [0.15, 0.2) is 0 Å². The maximum Gasteiger partial charge on any atom is 0.244 e. The fourth-order valence-corrected chi connectivity index (χ4v) is 3.90. The van der Waals surface area contributed by atoms with E-state index >= 15 is 0 Å². The molecule has 1 aliphatic heterocycles. The van der Waals surface area contributed by atoms with Crippen LogP contribution in [0.4, 0.5) is 4.39 Å². The van der Waals surface area contributed by atoms with Gasteiger partial charge >= 0.3 is 0 Å². The SMILES string of the molecule is O=S(=O)(c1cc(F)ccc1CO)N1CCn2cnnc2C1. The zero-order valence-electron chi connectivity index (χ0n) is 11.0. The van der Waals surface area contributed by atoms with Crippen LogP contribution in [-0.4, -0.2) is 39.1 Å². The van der Waals surface area contributed by atoms with Crippen LogP contribution in [-0.2, 0) is 29.7 Å². The van der Waals surface area contributed by atoms with Crippen molar-refractivity contribution in [3.63, 3.8) is 0 Å². The molecule has 1 N–H and O–H groups in total. The lowest BCUT2D eigenvalue weighted by Gasteiger charge is -2.27. The number of halogens is 1. The third-order valence-electron chi connectivity index (χ3n) is 3.42. The Morgan fingerprint density at radius 1 is 1.33 bits per heavy atom. The molecular weight excluding hydrogens is 299 g/mol. The molecule has 0 atom stereocenters. The van der Waals surface area contributed by atoms with Crippen molar-refractivity contribution in [1.29, 1.82) is 0 Å². The van der Waals surface area contributed by atoms with Crippen molar-refractivity contribution >= 4 is 10.0 Å². The number of hydrogen-bond donors (Lipinski definition) is 1. The van der Waals surface area contributed by atoms with Gasteiger partial charge in [-0.1, -0.05) is 6.07 Å². The topological polar surface area (TPSA) is 88.3 Å². The zero-order chi connectivity index (χ0) is 15.0. The predicted octanol–water partition coefficient (Wildman–Crippen LogP) is 0.114. The van der Waals surface area contributed by atoms with Gasteiger partial charge in [-0.25, -0.2) is 12.8 Å². The van der Waals surface area contributed by atoms with Gasteiger partial charge < -0.3 is 9.67 Å². The van der Waals surface area contributed by atoms with Gasteiger partial charge in [0.05, 0.1) is 18.0 Å². The molecule has 1 aromatic carbocycles. The van der Waals surface area contributed by atoms with Crippen molar-refractivity contribution in [2.75, 3.05) is 6.54 Å². The summed E-state index contributed by atoms with van der Waals surface area (Å²) in [5.41, 5.74) is 0.170. The molecule has 2 heterocycles. The molecule has 9 heteroatoms. The number of aromatic nitrogens is 3. The average Bonchev–Trinajstić information content (AvgIpc) is 2.94. The lowest BCUT2D eigenvalue weighted by Crippen LogP contribution is -2.38. The first-order valence-electron chi connectivity index (χ1n) is 6.28. The second-order valence-electron chi connectivity index (χ2n) is 4.69. The summed E-state index contributed by atoms with van der Waals surface area (Å²) in [5, 5.41) is 16.9. The average molecular weight is 312 g/mol. The molecule has 0 aliphatic carbocycles. The smallest absolute Gasteiger partial charge is 0.244 e. The number of sulfonamides is 1. The van der Waals surface area contributed by atoms with Crippen LogP contribution in [0, 0.1) is 5.82 Å². The van der Waals surface area contributed by atoms with Crippen molar-refractivity contribution in [3.8, 4) is 0 Å². The van der Waals surface area contributed by atoms with E-state index in [1.807, 2.05) is 0 Å². The number of benzene rings is 1. The molecule has 0 unspecified atom stereocenters. The summed E-state index contributed by atoms with van der Waals surface area (Å²) in [7, 11) is -3.90. The minimum Gasteiger partial charge on any atom is -0.392 e. The van der Waals surface area contributed by atoms with Gasteiger partial charge in [-0.15, -0.1) is 10.2 Å². The van der Waals surface area contributed by atoms with Crippen molar-refractivity contribution < 1.29 is 17.9 Å². The Morgan fingerprint density at radius 2 is 2.14 bits per heavy atom. The number of aliphatic hydroxyl groups is 1. The molecular formula is C12H13FN4O3S. The van der Waals surface area contributed by atoms with Crippen LogP contribution >= 0.6 is 0 Å². The largest absolute Gasteiger partial charge is 0.392 e. The Kier molecular flexibility index (Phi) is 3.47. The van der Waals surface area contributed by atoms with E-state index in [1.165, 1.54) is 10.4 Å². The molecule has 0 radical (unpaired) electrons. The molecule has 0 spiro atoms. The maximum atomic E-state index is 13.4. The lowest BCUT2D eigenvalue weighted by molar-refractivity contribution is 0.277. The van der Waals surface area contributed by atoms with Crippen LogP contribution in [0.3, 0.4) is 0 Å². The highest BCUT2D eigenvalue weighted by atomic mass is 32.2. The van der Waals surface area contributed by atoms with Crippen LogP contribution < -0.4 is 0 Å².